The van der Waals surface area contributed by atoms with E-state index in [1.165, 1.54) is 18.4 Å². The Bertz CT molecular complexity index is 873. The van der Waals surface area contributed by atoms with Crippen LogP contribution < -0.4 is 10.6 Å². The molecule has 6 nitrogen and oxygen atoms in total. The third-order valence-corrected chi connectivity index (χ3v) is 5.17. The number of thiocarbonyl (C=S) groups is 1. The second-order valence-corrected chi connectivity index (χ2v) is 7.93. The Kier molecular flexibility index (Phi) is 7.53. The van der Waals surface area contributed by atoms with Crippen LogP contribution >= 0.6 is 23.6 Å². The minimum Gasteiger partial charge on any atom is -0.465 e. The van der Waals surface area contributed by atoms with Crippen molar-refractivity contribution in [3.8, 4) is 0 Å². The highest BCUT2D eigenvalue weighted by atomic mass is 32.1. The van der Waals surface area contributed by atoms with Crippen LogP contribution in [0.2, 0.25) is 0 Å². The van der Waals surface area contributed by atoms with Gasteiger partial charge in [0.1, 0.15) is 5.00 Å². The molecular formula is C20H24N2O4S2. The van der Waals surface area contributed by atoms with Crippen molar-refractivity contribution in [2.24, 2.45) is 0 Å². The molecule has 28 heavy (non-hydrogen) atoms. The third kappa shape index (κ3) is 5.30. The number of nitrogens with one attached hydrogen (secondary N) is 2. The molecule has 2 N–H and O–H groups in total. The van der Waals surface area contributed by atoms with E-state index in [-0.39, 0.29) is 18.0 Å². The summed E-state index contributed by atoms with van der Waals surface area (Å²) in [6.45, 7) is 7.56. The van der Waals surface area contributed by atoms with Crippen LogP contribution in [-0.4, -0.2) is 30.3 Å². The second-order valence-electron chi connectivity index (χ2n) is 6.30. The smallest absolute Gasteiger partial charge is 0.341 e. The van der Waals surface area contributed by atoms with E-state index in [1.54, 1.807) is 38.1 Å². The molecule has 0 saturated heterocycles. The summed E-state index contributed by atoms with van der Waals surface area (Å²) < 4.78 is 10.1. The summed E-state index contributed by atoms with van der Waals surface area (Å²) in [5.74, 6) is -0.759. The van der Waals surface area contributed by atoms with E-state index in [1.807, 2.05) is 13.8 Å². The number of rotatable bonds is 6. The second kappa shape index (κ2) is 9.66. The zero-order chi connectivity index (χ0) is 20.8. The summed E-state index contributed by atoms with van der Waals surface area (Å²) >= 11 is 6.83. The number of esters is 2. The number of hydrogen-bond acceptors (Lipinski definition) is 6. The number of hydrogen-bond donors (Lipinski definition) is 2. The molecule has 0 fully saturated rings. The molecule has 0 aliphatic rings. The molecule has 0 saturated carbocycles. The molecule has 1 heterocycles. The van der Waals surface area contributed by atoms with Gasteiger partial charge in [0.25, 0.3) is 0 Å². The van der Waals surface area contributed by atoms with Crippen LogP contribution in [0, 0.1) is 6.92 Å². The first kappa shape index (κ1) is 21.8. The first-order valence-electron chi connectivity index (χ1n) is 8.86. The maximum atomic E-state index is 12.2. The molecular weight excluding hydrogens is 396 g/mol. The van der Waals surface area contributed by atoms with Gasteiger partial charge < -0.3 is 20.1 Å². The molecule has 1 aromatic carbocycles. The molecule has 0 unspecified atom stereocenters. The standard InChI is InChI=1S/C20H24N2O4S2/c1-6-15-12(4)28-17(16(15)19(24)25-5)22-20(27)21-14-9-7-13(8-10-14)18(23)26-11(2)3/h7-11H,6H2,1-5H3,(H2,21,22,27). The van der Waals surface area contributed by atoms with Crippen molar-refractivity contribution >= 4 is 51.3 Å². The molecule has 0 aliphatic heterocycles. The number of thiophene rings is 1. The van der Waals surface area contributed by atoms with Crippen LogP contribution in [0.15, 0.2) is 24.3 Å². The van der Waals surface area contributed by atoms with Crippen LogP contribution in [0.1, 0.15) is 51.9 Å². The Morgan fingerprint density at radius 3 is 2.32 bits per heavy atom. The number of anilines is 2. The zero-order valence-electron chi connectivity index (χ0n) is 16.5. The van der Waals surface area contributed by atoms with Gasteiger partial charge in [-0.05, 0) is 69.2 Å². The quantitative estimate of drug-likeness (QED) is 0.514. The van der Waals surface area contributed by atoms with Gasteiger partial charge in [0.05, 0.1) is 24.3 Å². The fourth-order valence-corrected chi connectivity index (χ4v) is 4.07. The van der Waals surface area contributed by atoms with Crippen molar-refractivity contribution < 1.29 is 19.1 Å². The van der Waals surface area contributed by atoms with E-state index in [2.05, 4.69) is 10.6 Å². The van der Waals surface area contributed by atoms with Crippen molar-refractivity contribution in [1.82, 2.24) is 0 Å². The van der Waals surface area contributed by atoms with E-state index in [0.717, 1.165) is 16.9 Å². The fraction of sp³-hybridized carbons (Fsp3) is 0.350. The largest absolute Gasteiger partial charge is 0.465 e. The first-order chi connectivity index (χ1) is 13.3. The molecule has 0 radical (unpaired) electrons. The Labute approximate surface area is 174 Å². The zero-order valence-corrected chi connectivity index (χ0v) is 18.2. The summed E-state index contributed by atoms with van der Waals surface area (Å²) in [5.41, 5.74) is 2.65. The van der Waals surface area contributed by atoms with Gasteiger partial charge >= 0.3 is 11.9 Å². The molecule has 150 valence electrons. The van der Waals surface area contributed by atoms with Crippen LogP contribution in [-0.2, 0) is 15.9 Å². The van der Waals surface area contributed by atoms with Gasteiger partial charge in [-0.1, -0.05) is 6.92 Å². The van der Waals surface area contributed by atoms with Gasteiger partial charge in [-0.15, -0.1) is 11.3 Å². The van der Waals surface area contributed by atoms with Crippen molar-refractivity contribution in [2.75, 3.05) is 17.7 Å². The highest BCUT2D eigenvalue weighted by molar-refractivity contribution is 7.80. The maximum absolute atomic E-state index is 12.2. The molecule has 1 aromatic heterocycles. The Morgan fingerprint density at radius 1 is 1.14 bits per heavy atom. The number of aryl methyl sites for hydroxylation is 1. The number of ether oxygens (including phenoxy) is 2. The molecule has 0 aliphatic carbocycles. The number of carbonyl (C=O) groups excluding carboxylic acids is 2. The van der Waals surface area contributed by atoms with Crippen LogP contribution in [0.3, 0.4) is 0 Å². The van der Waals surface area contributed by atoms with Gasteiger partial charge in [-0.3, -0.25) is 0 Å². The summed E-state index contributed by atoms with van der Waals surface area (Å²) in [7, 11) is 1.36. The molecule has 0 amide bonds. The van der Waals surface area contributed by atoms with E-state index in [0.29, 0.717) is 26.9 Å². The maximum Gasteiger partial charge on any atom is 0.341 e. The molecule has 8 heteroatoms. The van der Waals surface area contributed by atoms with E-state index < -0.39 is 0 Å². The first-order valence-corrected chi connectivity index (χ1v) is 10.1. The van der Waals surface area contributed by atoms with Crippen molar-refractivity contribution in [2.45, 2.75) is 40.2 Å². The van der Waals surface area contributed by atoms with Gasteiger partial charge in [0.15, 0.2) is 5.11 Å². The number of benzene rings is 1. The predicted molar refractivity (Wildman–Crippen MR) is 117 cm³/mol. The third-order valence-electron chi connectivity index (χ3n) is 3.90. The Morgan fingerprint density at radius 2 is 1.79 bits per heavy atom. The lowest BCUT2D eigenvalue weighted by molar-refractivity contribution is 0.0377. The minimum absolute atomic E-state index is 0.173. The van der Waals surface area contributed by atoms with Crippen LogP contribution in [0.4, 0.5) is 10.7 Å². The monoisotopic (exact) mass is 420 g/mol. The topological polar surface area (TPSA) is 76.7 Å². The molecule has 0 bridgehead atoms. The summed E-state index contributed by atoms with van der Waals surface area (Å²) in [5, 5.41) is 7.12. The molecule has 2 aromatic rings. The average Bonchev–Trinajstić information content (AvgIpc) is 2.95. The van der Waals surface area contributed by atoms with Crippen molar-refractivity contribution in [1.29, 1.82) is 0 Å². The van der Waals surface area contributed by atoms with Crippen LogP contribution in [0.25, 0.3) is 0 Å². The van der Waals surface area contributed by atoms with E-state index in [9.17, 15) is 9.59 Å². The molecule has 0 spiro atoms. The molecule has 2 rings (SSSR count). The van der Waals surface area contributed by atoms with Crippen molar-refractivity contribution in [3.05, 3.63) is 45.8 Å². The summed E-state index contributed by atoms with van der Waals surface area (Å²) in [6.07, 6.45) is 0.552. The van der Waals surface area contributed by atoms with Gasteiger partial charge in [-0.2, -0.15) is 0 Å². The number of carbonyl (C=O) groups is 2. The lowest BCUT2D eigenvalue weighted by Gasteiger charge is -2.12. The van der Waals surface area contributed by atoms with Gasteiger partial charge in [0, 0.05) is 10.6 Å². The van der Waals surface area contributed by atoms with Gasteiger partial charge in [0.2, 0.25) is 0 Å². The summed E-state index contributed by atoms with van der Waals surface area (Å²) in [4.78, 5) is 25.1. The normalized spacial score (nSPS) is 10.5. The predicted octanol–water partition coefficient (Wildman–Crippen LogP) is 4.78. The summed E-state index contributed by atoms with van der Waals surface area (Å²) in [6, 6.07) is 6.81. The Hall–Kier alpha value is -2.45. The minimum atomic E-state index is -0.389. The Balaban J connectivity index is 2.11. The van der Waals surface area contributed by atoms with E-state index >= 15 is 0 Å². The molecule has 0 atom stereocenters. The van der Waals surface area contributed by atoms with Gasteiger partial charge in [-0.25, -0.2) is 9.59 Å². The average molecular weight is 421 g/mol. The highest BCUT2D eigenvalue weighted by Gasteiger charge is 2.22. The lowest BCUT2D eigenvalue weighted by Crippen LogP contribution is -2.20. The van der Waals surface area contributed by atoms with Crippen LogP contribution in [0.5, 0.6) is 0 Å². The van der Waals surface area contributed by atoms with E-state index in [4.69, 9.17) is 21.7 Å². The highest BCUT2D eigenvalue weighted by Crippen LogP contribution is 2.34. The lowest BCUT2D eigenvalue weighted by atomic mass is 10.1. The van der Waals surface area contributed by atoms with Crippen molar-refractivity contribution in [3.63, 3.8) is 0 Å². The SMILES string of the molecule is CCc1c(C)sc(NC(=S)Nc2ccc(C(=O)OC(C)C)cc2)c1C(=O)OC. The fourth-order valence-electron chi connectivity index (χ4n) is 2.65. The number of methoxy groups -OCH3 is 1.